The molecular formula is C15H15ClN2O. The molecule has 98 valence electrons. The monoisotopic (exact) mass is 274 g/mol. The maximum atomic E-state index is 11.6. The van der Waals surface area contributed by atoms with Gasteiger partial charge in [0.15, 0.2) is 0 Å². The van der Waals surface area contributed by atoms with Gasteiger partial charge in [0, 0.05) is 10.7 Å². The molecule has 0 aliphatic heterocycles. The standard InChI is InChI=1S/C15H15ClN2O/c1-10-7-8-11(9-13(10)16)14(15(17)19)18-12-5-3-2-4-6-12/h2-9,14,18H,1H3,(H2,17,19). The number of anilines is 1. The van der Waals surface area contributed by atoms with E-state index in [-0.39, 0.29) is 0 Å². The van der Waals surface area contributed by atoms with Crippen LogP contribution in [-0.4, -0.2) is 5.91 Å². The highest BCUT2D eigenvalue weighted by Gasteiger charge is 2.18. The number of benzene rings is 2. The summed E-state index contributed by atoms with van der Waals surface area (Å²) in [4.78, 5) is 11.6. The van der Waals surface area contributed by atoms with Gasteiger partial charge < -0.3 is 11.1 Å². The second kappa shape index (κ2) is 5.76. The van der Waals surface area contributed by atoms with Gasteiger partial charge in [-0.05, 0) is 36.2 Å². The molecule has 0 saturated carbocycles. The maximum absolute atomic E-state index is 11.6. The number of halogens is 1. The third-order valence-electron chi connectivity index (χ3n) is 2.90. The van der Waals surface area contributed by atoms with Crippen molar-refractivity contribution in [3.8, 4) is 0 Å². The predicted molar refractivity (Wildman–Crippen MR) is 78.2 cm³/mol. The summed E-state index contributed by atoms with van der Waals surface area (Å²) in [5, 5.41) is 3.73. The maximum Gasteiger partial charge on any atom is 0.244 e. The average Bonchev–Trinajstić information content (AvgIpc) is 2.40. The first-order valence-corrected chi connectivity index (χ1v) is 6.32. The number of para-hydroxylation sites is 1. The van der Waals surface area contributed by atoms with E-state index in [9.17, 15) is 4.79 Å². The van der Waals surface area contributed by atoms with Crippen LogP contribution in [0.25, 0.3) is 0 Å². The molecule has 0 saturated heterocycles. The molecule has 0 fully saturated rings. The van der Waals surface area contributed by atoms with Crippen molar-refractivity contribution in [1.29, 1.82) is 0 Å². The molecule has 3 N–H and O–H groups in total. The number of primary amides is 1. The van der Waals surface area contributed by atoms with Gasteiger partial charge in [0.2, 0.25) is 5.91 Å². The smallest absolute Gasteiger partial charge is 0.244 e. The minimum atomic E-state index is -0.597. The second-order valence-electron chi connectivity index (χ2n) is 4.35. The number of rotatable bonds is 4. The lowest BCUT2D eigenvalue weighted by atomic mass is 10.0. The van der Waals surface area contributed by atoms with Crippen molar-refractivity contribution in [3.63, 3.8) is 0 Å². The van der Waals surface area contributed by atoms with Crippen molar-refractivity contribution in [1.82, 2.24) is 0 Å². The highest BCUT2D eigenvalue weighted by molar-refractivity contribution is 6.31. The van der Waals surface area contributed by atoms with Gasteiger partial charge in [-0.1, -0.05) is 41.9 Å². The van der Waals surface area contributed by atoms with Gasteiger partial charge in [-0.2, -0.15) is 0 Å². The van der Waals surface area contributed by atoms with Crippen molar-refractivity contribution in [3.05, 3.63) is 64.7 Å². The molecule has 3 nitrogen and oxygen atoms in total. The fraction of sp³-hybridized carbons (Fsp3) is 0.133. The first kappa shape index (κ1) is 13.4. The van der Waals surface area contributed by atoms with Crippen LogP contribution in [0.1, 0.15) is 17.2 Å². The largest absolute Gasteiger partial charge is 0.370 e. The van der Waals surface area contributed by atoms with E-state index in [0.29, 0.717) is 5.02 Å². The molecule has 0 aliphatic carbocycles. The minimum Gasteiger partial charge on any atom is -0.370 e. The zero-order valence-electron chi connectivity index (χ0n) is 10.6. The lowest BCUT2D eigenvalue weighted by Crippen LogP contribution is -2.27. The average molecular weight is 275 g/mol. The zero-order valence-corrected chi connectivity index (χ0v) is 11.3. The summed E-state index contributed by atoms with van der Waals surface area (Å²) < 4.78 is 0. The van der Waals surface area contributed by atoms with Crippen LogP contribution >= 0.6 is 11.6 Å². The summed E-state index contributed by atoms with van der Waals surface area (Å²) in [5.74, 6) is -0.441. The molecule has 0 heterocycles. The Morgan fingerprint density at radius 1 is 1.21 bits per heavy atom. The van der Waals surface area contributed by atoms with Crippen molar-refractivity contribution in [2.45, 2.75) is 13.0 Å². The molecule has 0 bridgehead atoms. The quantitative estimate of drug-likeness (QED) is 0.899. The molecule has 19 heavy (non-hydrogen) atoms. The normalized spacial score (nSPS) is 11.9. The highest BCUT2D eigenvalue weighted by Crippen LogP contribution is 2.24. The summed E-state index contributed by atoms with van der Waals surface area (Å²) in [6.45, 7) is 1.91. The number of aryl methyl sites for hydroxylation is 1. The molecule has 0 aliphatic rings. The third-order valence-corrected chi connectivity index (χ3v) is 3.31. The summed E-state index contributed by atoms with van der Waals surface area (Å²) in [7, 11) is 0. The molecule has 2 rings (SSSR count). The van der Waals surface area contributed by atoms with Crippen LogP contribution in [0.4, 0.5) is 5.69 Å². The number of carbonyl (C=O) groups is 1. The second-order valence-corrected chi connectivity index (χ2v) is 4.76. The van der Waals surface area contributed by atoms with Gasteiger partial charge >= 0.3 is 0 Å². The molecule has 4 heteroatoms. The van der Waals surface area contributed by atoms with E-state index in [1.54, 1.807) is 6.07 Å². The fourth-order valence-electron chi connectivity index (χ4n) is 1.81. The Kier molecular flexibility index (Phi) is 4.07. The van der Waals surface area contributed by atoms with Crippen LogP contribution in [0, 0.1) is 6.92 Å². The van der Waals surface area contributed by atoms with Crippen LogP contribution in [0.2, 0.25) is 5.02 Å². The van der Waals surface area contributed by atoms with Gasteiger partial charge in [-0.3, -0.25) is 4.79 Å². The van der Waals surface area contributed by atoms with Crippen LogP contribution in [-0.2, 0) is 4.79 Å². The number of nitrogens with two attached hydrogens (primary N) is 1. The molecule has 2 aromatic rings. The SMILES string of the molecule is Cc1ccc(C(Nc2ccccc2)C(N)=O)cc1Cl. The van der Waals surface area contributed by atoms with E-state index in [1.165, 1.54) is 0 Å². The van der Waals surface area contributed by atoms with Crippen molar-refractivity contribution < 1.29 is 4.79 Å². The number of nitrogens with one attached hydrogen (secondary N) is 1. The zero-order chi connectivity index (χ0) is 13.8. The van der Waals surface area contributed by atoms with E-state index >= 15 is 0 Å². The van der Waals surface area contributed by atoms with E-state index in [0.717, 1.165) is 16.8 Å². The van der Waals surface area contributed by atoms with Crippen LogP contribution in [0.3, 0.4) is 0 Å². The van der Waals surface area contributed by atoms with E-state index in [2.05, 4.69) is 5.32 Å². The van der Waals surface area contributed by atoms with Gasteiger partial charge in [0.05, 0.1) is 0 Å². The Labute approximate surface area is 117 Å². The number of amides is 1. The number of carbonyl (C=O) groups excluding carboxylic acids is 1. The Bertz CT molecular complexity index is 584. The minimum absolute atomic E-state index is 0.441. The van der Waals surface area contributed by atoms with Gasteiger partial charge in [0.25, 0.3) is 0 Å². The molecule has 1 unspecified atom stereocenters. The third kappa shape index (κ3) is 3.26. The predicted octanol–water partition coefficient (Wildman–Crippen LogP) is 3.29. The summed E-state index contributed by atoms with van der Waals surface area (Å²) in [6.07, 6.45) is 0. The highest BCUT2D eigenvalue weighted by atomic mass is 35.5. The van der Waals surface area contributed by atoms with Crippen molar-refractivity contribution in [2.75, 3.05) is 5.32 Å². The summed E-state index contributed by atoms with van der Waals surface area (Å²) >= 11 is 6.09. The van der Waals surface area contributed by atoms with E-state index in [4.69, 9.17) is 17.3 Å². The first-order valence-electron chi connectivity index (χ1n) is 5.95. The fourth-order valence-corrected chi connectivity index (χ4v) is 2.00. The first-order chi connectivity index (χ1) is 9.08. The topological polar surface area (TPSA) is 55.1 Å². The van der Waals surface area contributed by atoms with Gasteiger partial charge in [-0.15, -0.1) is 0 Å². The van der Waals surface area contributed by atoms with E-state index < -0.39 is 11.9 Å². The Morgan fingerprint density at radius 2 is 1.89 bits per heavy atom. The molecule has 0 spiro atoms. The molecule has 0 aromatic heterocycles. The van der Waals surface area contributed by atoms with Crippen molar-refractivity contribution >= 4 is 23.2 Å². The molecule has 2 aromatic carbocycles. The molecule has 1 amide bonds. The Hall–Kier alpha value is -2.00. The van der Waals surface area contributed by atoms with Crippen LogP contribution < -0.4 is 11.1 Å². The van der Waals surface area contributed by atoms with Gasteiger partial charge in [-0.25, -0.2) is 0 Å². The lowest BCUT2D eigenvalue weighted by molar-refractivity contribution is -0.118. The van der Waals surface area contributed by atoms with E-state index in [1.807, 2.05) is 49.4 Å². The van der Waals surface area contributed by atoms with Crippen LogP contribution in [0.15, 0.2) is 48.5 Å². The van der Waals surface area contributed by atoms with Crippen LogP contribution in [0.5, 0.6) is 0 Å². The molecule has 0 radical (unpaired) electrons. The molecular weight excluding hydrogens is 260 g/mol. The molecule has 1 atom stereocenters. The summed E-state index contributed by atoms with van der Waals surface area (Å²) in [5.41, 5.74) is 8.02. The number of hydrogen-bond donors (Lipinski definition) is 2. The lowest BCUT2D eigenvalue weighted by Gasteiger charge is -2.17. The Balaban J connectivity index is 2.30. The number of hydrogen-bond acceptors (Lipinski definition) is 2. The van der Waals surface area contributed by atoms with Gasteiger partial charge in [0.1, 0.15) is 6.04 Å². The summed E-state index contributed by atoms with van der Waals surface area (Å²) in [6, 6.07) is 14.4. The Morgan fingerprint density at radius 3 is 2.47 bits per heavy atom. The van der Waals surface area contributed by atoms with Crippen molar-refractivity contribution in [2.24, 2.45) is 5.73 Å².